The lowest BCUT2D eigenvalue weighted by molar-refractivity contribution is 0.102. The summed E-state index contributed by atoms with van der Waals surface area (Å²) in [7, 11) is -3.75. The Labute approximate surface area is 222 Å². The molecule has 0 aliphatic heterocycles. The number of hydrogen-bond acceptors (Lipinski definition) is 8. The van der Waals surface area contributed by atoms with Crippen LogP contribution in [0.4, 0.5) is 11.4 Å². The van der Waals surface area contributed by atoms with E-state index in [0.29, 0.717) is 36.8 Å². The first-order valence-corrected chi connectivity index (χ1v) is 14.1. The van der Waals surface area contributed by atoms with Crippen molar-refractivity contribution in [3.63, 3.8) is 0 Å². The van der Waals surface area contributed by atoms with Crippen molar-refractivity contribution in [1.29, 1.82) is 0 Å². The number of carbonyl (C=O) groups excluding carboxylic acids is 1. The minimum absolute atomic E-state index is 0.0598. The fraction of sp³-hybridized carbons (Fsp3) is 0.250. The van der Waals surface area contributed by atoms with Crippen LogP contribution in [-0.2, 0) is 22.9 Å². The van der Waals surface area contributed by atoms with Crippen LogP contribution in [0.1, 0.15) is 40.7 Å². The standard InChI is InChI=1S/C28H30N4O5S/c1-4-15-36-23-13-9-21(10-14-23)18-32(19-24-6-5-16-37-24)25-17-29-28(38(3,34)35)31-26(25)27(33)30-22-11-7-20(2)8-12-22/h5-14,16-17H,4,15,18-19H2,1-3H3,(H,30,33). The second-order valence-corrected chi connectivity index (χ2v) is 10.8. The van der Waals surface area contributed by atoms with Gasteiger partial charge in [-0.3, -0.25) is 4.79 Å². The van der Waals surface area contributed by atoms with Gasteiger partial charge in [0.25, 0.3) is 5.91 Å². The number of amides is 1. The molecule has 4 rings (SSSR count). The Kier molecular flexibility index (Phi) is 8.42. The van der Waals surface area contributed by atoms with Crippen LogP contribution in [-0.4, -0.2) is 37.2 Å². The Morgan fingerprint density at radius 2 is 1.79 bits per heavy atom. The maximum atomic E-state index is 13.4. The van der Waals surface area contributed by atoms with Crippen LogP contribution in [0.5, 0.6) is 5.75 Å². The van der Waals surface area contributed by atoms with E-state index >= 15 is 0 Å². The average Bonchev–Trinajstić information content (AvgIpc) is 3.41. The minimum Gasteiger partial charge on any atom is -0.494 e. The zero-order valence-electron chi connectivity index (χ0n) is 21.5. The highest BCUT2D eigenvalue weighted by molar-refractivity contribution is 7.90. The zero-order valence-corrected chi connectivity index (χ0v) is 22.4. The van der Waals surface area contributed by atoms with Crippen molar-refractivity contribution in [1.82, 2.24) is 9.97 Å². The van der Waals surface area contributed by atoms with Crippen LogP contribution in [0, 0.1) is 6.92 Å². The molecule has 0 fully saturated rings. The van der Waals surface area contributed by atoms with Gasteiger partial charge in [0.1, 0.15) is 11.5 Å². The molecule has 1 N–H and O–H groups in total. The molecule has 0 aliphatic carbocycles. The summed E-state index contributed by atoms with van der Waals surface area (Å²) < 4.78 is 35.7. The van der Waals surface area contributed by atoms with Gasteiger partial charge in [-0.05, 0) is 55.3 Å². The van der Waals surface area contributed by atoms with Crippen molar-refractivity contribution in [3.05, 3.63) is 95.7 Å². The molecule has 0 saturated heterocycles. The number of hydrogen-bond donors (Lipinski definition) is 1. The molecule has 10 heteroatoms. The van der Waals surface area contributed by atoms with Gasteiger partial charge in [0, 0.05) is 18.5 Å². The van der Waals surface area contributed by atoms with E-state index in [2.05, 4.69) is 15.3 Å². The number of nitrogens with zero attached hydrogens (tertiary/aromatic N) is 3. The molecule has 0 spiro atoms. The molecule has 2 heterocycles. The molecule has 9 nitrogen and oxygen atoms in total. The first-order chi connectivity index (χ1) is 18.2. The molecule has 0 radical (unpaired) electrons. The molecule has 1 amide bonds. The molecule has 0 saturated carbocycles. The van der Waals surface area contributed by atoms with E-state index in [1.807, 2.05) is 61.2 Å². The topological polar surface area (TPSA) is 115 Å². The maximum absolute atomic E-state index is 13.4. The van der Waals surface area contributed by atoms with Crippen LogP contribution in [0.15, 0.2) is 82.7 Å². The molecular formula is C28H30N4O5S. The molecule has 4 aromatic rings. The van der Waals surface area contributed by atoms with Gasteiger partial charge in [-0.1, -0.05) is 36.8 Å². The van der Waals surface area contributed by atoms with Crippen LogP contribution >= 0.6 is 0 Å². The second-order valence-electron chi connectivity index (χ2n) is 8.91. The van der Waals surface area contributed by atoms with E-state index in [1.165, 1.54) is 6.20 Å². The first-order valence-electron chi connectivity index (χ1n) is 12.2. The number of carbonyl (C=O) groups is 1. The van der Waals surface area contributed by atoms with Crippen molar-refractivity contribution in [2.45, 2.75) is 38.5 Å². The Hall–Kier alpha value is -4.18. The quantitative estimate of drug-likeness (QED) is 0.267. The summed E-state index contributed by atoms with van der Waals surface area (Å²) in [6.45, 7) is 5.30. The highest BCUT2D eigenvalue weighted by Gasteiger charge is 2.24. The summed E-state index contributed by atoms with van der Waals surface area (Å²) in [4.78, 5) is 23.6. The molecule has 0 aliphatic rings. The van der Waals surface area contributed by atoms with Crippen LogP contribution in [0.3, 0.4) is 0 Å². The summed E-state index contributed by atoms with van der Waals surface area (Å²) in [6, 6.07) is 18.6. The Bertz CT molecular complexity index is 1470. The third-order valence-electron chi connectivity index (χ3n) is 5.64. The average molecular weight is 535 g/mol. The lowest BCUT2D eigenvalue weighted by Gasteiger charge is -2.25. The number of aromatic nitrogens is 2. The Balaban J connectivity index is 1.72. The number of ether oxygens (including phenoxy) is 1. The lowest BCUT2D eigenvalue weighted by Crippen LogP contribution is -2.27. The normalized spacial score (nSPS) is 11.2. The van der Waals surface area contributed by atoms with E-state index in [1.54, 1.807) is 24.5 Å². The van der Waals surface area contributed by atoms with Crippen molar-refractivity contribution in [2.75, 3.05) is 23.1 Å². The SMILES string of the molecule is CCCOc1ccc(CN(Cc2ccco2)c2cnc(S(C)(=O)=O)nc2C(=O)Nc2ccc(C)cc2)cc1. The van der Waals surface area contributed by atoms with Crippen LogP contribution in [0.2, 0.25) is 0 Å². The van der Waals surface area contributed by atoms with Gasteiger partial charge in [0.05, 0.1) is 31.3 Å². The summed E-state index contributed by atoms with van der Waals surface area (Å²) in [6.07, 6.45) is 4.86. The number of furan rings is 1. The molecule has 2 aromatic heterocycles. The molecule has 198 valence electrons. The number of benzene rings is 2. The third-order valence-corrected chi connectivity index (χ3v) is 6.50. The number of rotatable bonds is 11. The Morgan fingerprint density at radius 3 is 2.42 bits per heavy atom. The summed E-state index contributed by atoms with van der Waals surface area (Å²) in [5, 5.41) is 2.39. The van der Waals surface area contributed by atoms with Gasteiger partial charge >= 0.3 is 0 Å². The van der Waals surface area contributed by atoms with E-state index in [-0.39, 0.29) is 5.69 Å². The van der Waals surface area contributed by atoms with Crippen molar-refractivity contribution in [2.24, 2.45) is 0 Å². The number of sulfone groups is 1. The number of nitrogens with one attached hydrogen (secondary N) is 1. The predicted molar refractivity (Wildman–Crippen MR) is 145 cm³/mol. The van der Waals surface area contributed by atoms with Crippen LogP contribution in [0.25, 0.3) is 0 Å². The number of aryl methyl sites for hydroxylation is 1. The molecule has 0 bridgehead atoms. The number of anilines is 2. The minimum atomic E-state index is -3.75. The van der Waals surface area contributed by atoms with E-state index in [4.69, 9.17) is 9.15 Å². The highest BCUT2D eigenvalue weighted by Crippen LogP contribution is 2.26. The largest absolute Gasteiger partial charge is 0.494 e. The fourth-order valence-corrected chi connectivity index (χ4v) is 4.21. The van der Waals surface area contributed by atoms with Crippen LogP contribution < -0.4 is 15.0 Å². The monoisotopic (exact) mass is 534 g/mol. The van der Waals surface area contributed by atoms with E-state index in [0.717, 1.165) is 29.6 Å². The predicted octanol–water partition coefficient (Wildman–Crippen LogP) is 5.03. The lowest BCUT2D eigenvalue weighted by atomic mass is 10.1. The van der Waals surface area contributed by atoms with Gasteiger partial charge in [0.15, 0.2) is 5.69 Å². The summed E-state index contributed by atoms with van der Waals surface area (Å²) in [5.74, 6) is 0.876. The van der Waals surface area contributed by atoms with Gasteiger partial charge in [0.2, 0.25) is 15.0 Å². The Morgan fingerprint density at radius 1 is 1.05 bits per heavy atom. The van der Waals surface area contributed by atoms with Crippen molar-refractivity contribution < 1.29 is 22.4 Å². The molecule has 38 heavy (non-hydrogen) atoms. The highest BCUT2D eigenvalue weighted by atomic mass is 32.2. The molecule has 0 unspecified atom stereocenters. The van der Waals surface area contributed by atoms with E-state index in [9.17, 15) is 13.2 Å². The molecule has 0 atom stereocenters. The smallest absolute Gasteiger partial charge is 0.276 e. The molecular weight excluding hydrogens is 504 g/mol. The van der Waals surface area contributed by atoms with Gasteiger partial charge < -0.3 is 19.4 Å². The zero-order chi connectivity index (χ0) is 27.1. The maximum Gasteiger partial charge on any atom is 0.276 e. The van der Waals surface area contributed by atoms with Gasteiger partial charge in [-0.2, -0.15) is 0 Å². The summed E-state index contributed by atoms with van der Waals surface area (Å²) >= 11 is 0. The third kappa shape index (κ3) is 6.98. The second kappa shape index (κ2) is 11.9. The van der Waals surface area contributed by atoms with Gasteiger partial charge in [-0.25, -0.2) is 18.4 Å². The van der Waals surface area contributed by atoms with Gasteiger partial charge in [-0.15, -0.1) is 0 Å². The first kappa shape index (κ1) is 26.9. The van der Waals surface area contributed by atoms with E-state index < -0.39 is 20.9 Å². The van der Waals surface area contributed by atoms with Crippen molar-refractivity contribution >= 4 is 27.1 Å². The summed E-state index contributed by atoms with van der Waals surface area (Å²) in [5.41, 5.74) is 2.85. The molecule has 2 aromatic carbocycles. The fourth-order valence-electron chi connectivity index (χ4n) is 3.71. The van der Waals surface area contributed by atoms with Crippen molar-refractivity contribution in [3.8, 4) is 5.75 Å².